The van der Waals surface area contributed by atoms with E-state index in [9.17, 15) is 63.3 Å². The molecule has 5 rings (SSSR count). The van der Waals surface area contributed by atoms with Crippen molar-refractivity contribution in [2.75, 3.05) is 53.0 Å². The summed E-state index contributed by atoms with van der Waals surface area (Å²) in [7, 11) is 1.42. The van der Waals surface area contributed by atoms with E-state index in [-0.39, 0.29) is 35.4 Å². The van der Waals surface area contributed by atoms with Crippen molar-refractivity contribution in [3.05, 3.63) is 35.4 Å². The van der Waals surface area contributed by atoms with Gasteiger partial charge in [-0.05, 0) is 35.1 Å². The van der Waals surface area contributed by atoms with Gasteiger partial charge in [-0.2, -0.15) is 11.8 Å². The average molecular weight is 1060 g/mol. The topological polar surface area (TPSA) is 383 Å². The van der Waals surface area contributed by atoms with Crippen molar-refractivity contribution in [2.45, 2.75) is 125 Å². The molecule has 0 radical (unpaired) electrons. The number of benzene rings is 1. The maximum atomic E-state index is 14.9. The van der Waals surface area contributed by atoms with Crippen LogP contribution in [0, 0.1) is 11.8 Å². The molecule has 25 nitrogen and oxygen atoms in total. The summed E-state index contributed by atoms with van der Waals surface area (Å²) in [5.41, 5.74) is 12.6. The Morgan fingerprint density at radius 2 is 1.55 bits per heavy atom. The summed E-state index contributed by atoms with van der Waals surface area (Å²) in [4.78, 5) is 142. The number of carbonyl (C=O) groups excluding carboxylic acids is 10. The first-order valence-electron chi connectivity index (χ1n) is 24.7. The molecule has 4 heterocycles. The number of primary amides is 1. The van der Waals surface area contributed by atoms with Crippen molar-refractivity contribution in [3.63, 3.8) is 0 Å². The minimum Gasteiger partial charge on any atom is -0.496 e. The highest BCUT2D eigenvalue weighted by Crippen LogP contribution is 2.37. The first-order chi connectivity index (χ1) is 35.1. The van der Waals surface area contributed by atoms with Crippen LogP contribution in [0.3, 0.4) is 0 Å². The van der Waals surface area contributed by atoms with E-state index in [1.807, 2.05) is 0 Å². The van der Waals surface area contributed by atoms with E-state index in [0.29, 0.717) is 48.4 Å². The van der Waals surface area contributed by atoms with Gasteiger partial charge in [0.15, 0.2) is 0 Å². The van der Waals surface area contributed by atoms with Crippen LogP contribution in [0.15, 0.2) is 18.7 Å². The summed E-state index contributed by atoms with van der Waals surface area (Å²) in [5.74, 6) is -10.0. The van der Waals surface area contributed by atoms with Crippen LogP contribution in [-0.4, -0.2) is 191 Å². The summed E-state index contributed by atoms with van der Waals surface area (Å²) in [6.45, 7) is 7.38. The maximum Gasteiger partial charge on any atom is 0.246 e. The van der Waals surface area contributed by atoms with Gasteiger partial charge < -0.3 is 78.5 Å². The number of rotatable bonds is 13. The number of carbonyl (C=O) groups is 10. The minimum absolute atomic E-state index is 0.0749. The van der Waals surface area contributed by atoms with Crippen molar-refractivity contribution in [1.82, 2.24) is 47.0 Å². The monoisotopic (exact) mass is 1060 g/mol. The van der Waals surface area contributed by atoms with Gasteiger partial charge in [-0.1, -0.05) is 39.8 Å². The minimum atomic E-state index is -1.81. The molecule has 0 aromatic heterocycles. The molecule has 4 aliphatic rings. The van der Waals surface area contributed by atoms with Gasteiger partial charge in [0.05, 0.1) is 45.4 Å². The number of hydrogen-bond donors (Lipinski definition) is 12. The number of hydrogen-bond acceptors (Lipinski definition) is 16. The lowest BCUT2D eigenvalue weighted by atomic mass is 9.88. The van der Waals surface area contributed by atoms with E-state index in [1.54, 1.807) is 30.9 Å². The molecule has 0 saturated carbocycles. The Bertz CT molecular complexity index is 2320. The Balaban J connectivity index is 1.75. The molecule has 0 aliphatic carbocycles. The summed E-state index contributed by atoms with van der Waals surface area (Å²) in [5, 5.41) is 49.5. The smallest absolute Gasteiger partial charge is 0.246 e. The van der Waals surface area contributed by atoms with E-state index in [2.05, 4.69) is 43.8 Å². The molecule has 2 saturated heterocycles. The number of amides is 10. The van der Waals surface area contributed by atoms with Crippen LogP contribution in [0.4, 0.5) is 0 Å². The Morgan fingerprint density at radius 1 is 0.878 bits per heavy atom. The fourth-order valence-corrected chi connectivity index (χ4v) is 10.7. The number of ether oxygens (including phenoxy) is 1. The van der Waals surface area contributed by atoms with Gasteiger partial charge in [0.25, 0.3) is 0 Å². The van der Waals surface area contributed by atoms with Gasteiger partial charge in [-0.15, -0.1) is 0 Å². The van der Waals surface area contributed by atoms with Crippen LogP contribution in [0.1, 0.15) is 76.0 Å². The average Bonchev–Trinajstić information content (AvgIpc) is 4.02. The molecular formula is C48H71N11O14S. The standard InChI is InChI=1S/C48H71N11O14S/c1-6-23(2)41-46(70)52-17-38(64)53-32-15-29-28(7-8-36(73-5)30(29)22-74-27-10-12-58(20-27)40(66)9-11-49)24(3)13-31(43(67)51-18-39(65)56-41)54-47(71)42(25(4)35(62)21-60)57-45(69)34-14-26(61)19-59(34)48(72)33(16-37(50)63)55-44(32)68/h7-8,23,25-27,31-35,41-42,60-62H,3,6,9-22,49H2,1-2,4-5H3,(H2,50,63)(H,51,67)(H,52,70)(H,53,64)(H,54,71)(H,55,68)(H,56,65)(H,57,69)/t23-,25-,26+,27+,31-,32-,33-,34?,35-,41?,42-/m0/s1. The third kappa shape index (κ3) is 14.9. The number of thioether (sulfide) groups is 1. The normalized spacial score (nSPS) is 27.2. The first-order valence-corrected chi connectivity index (χ1v) is 25.7. The van der Waals surface area contributed by atoms with Gasteiger partial charge in [0.2, 0.25) is 59.1 Å². The summed E-state index contributed by atoms with van der Waals surface area (Å²) < 4.78 is 5.88. The van der Waals surface area contributed by atoms with Crippen LogP contribution >= 0.6 is 11.8 Å². The van der Waals surface area contributed by atoms with Gasteiger partial charge in [-0.3, -0.25) is 47.9 Å². The maximum absolute atomic E-state index is 14.9. The molecule has 408 valence electrons. The predicted octanol–water partition coefficient (Wildman–Crippen LogP) is -4.62. The largest absolute Gasteiger partial charge is 0.496 e. The Morgan fingerprint density at radius 3 is 2.20 bits per heavy atom. The lowest BCUT2D eigenvalue weighted by Crippen LogP contribution is -2.61. The van der Waals surface area contributed by atoms with Gasteiger partial charge in [-0.25, -0.2) is 0 Å². The summed E-state index contributed by atoms with van der Waals surface area (Å²) in [6, 6.07) is -6.39. The van der Waals surface area contributed by atoms with E-state index in [4.69, 9.17) is 16.2 Å². The van der Waals surface area contributed by atoms with E-state index >= 15 is 0 Å². The molecule has 26 heteroatoms. The number of fused-ring (bicyclic) bond motifs is 4. The third-order valence-corrected chi connectivity index (χ3v) is 15.2. The highest BCUT2D eigenvalue weighted by molar-refractivity contribution is 7.99. The van der Waals surface area contributed by atoms with Crippen molar-refractivity contribution >= 4 is 76.4 Å². The Hall–Kier alpha value is -6.35. The molecule has 2 fully saturated rings. The molecule has 10 amide bonds. The highest BCUT2D eigenvalue weighted by Gasteiger charge is 2.45. The van der Waals surface area contributed by atoms with Crippen LogP contribution in [0.5, 0.6) is 5.75 Å². The predicted molar refractivity (Wildman–Crippen MR) is 268 cm³/mol. The van der Waals surface area contributed by atoms with Crippen LogP contribution in [0.2, 0.25) is 0 Å². The van der Waals surface area contributed by atoms with E-state index in [0.717, 1.165) is 4.90 Å². The second-order valence-electron chi connectivity index (χ2n) is 19.2. The molecular weight excluding hydrogens is 987 g/mol. The number of aliphatic hydroxyl groups is 3. The summed E-state index contributed by atoms with van der Waals surface area (Å²) in [6.07, 6.45) is -3.81. The fourth-order valence-electron chi connectivity index (χ4n) is 9.39. The van der Waals surface area contributed by atoms with Gasteiger partial charge in [0, 0.05) is 74.3 Å². The number of aliphatic hydroxyl groups excluding tert-OH is 3. The fraction of sp³-hybridized carbons (Fsp3) is 0.625. The van der Waals surface area contributed by atoms with Crippen LogP contribution in [-0.2, 0) is 60.1 Å². The highest BCUT2D eigenvalue weighted by atomic mass is 32.2. The molecule has 14 N–H and O–H groups in total. The van der Waals surface area contributed by atoms with Crippen molar-refractivity contribution in [1.29, 1.82) is 0 Å². The molecule has 1 aromatic rings. The molecule has 11 atom stereocenters. The molecule has 4 aliphatic heterocycles. The van der Waals surface area contributed by atoms with E-state index in [1.165, 1.54) is 25.8 Å². The number of nitrogens with zero attached hydrogens (tertiary/aromatic N) is 2. The van der Waals surface area contributed by atoms with Crippen molar-refractivity contribution < 1.29 is 68.0 Å². The van der Waals surface area contributed by atoms with Gasteiger partial charge in [0.1, 0.15) is 42.0 Å². The number of nitrogens with two attached hydrogens (primary N) is 2. The Kier molecular flexibility index (Phi) is 21.2. The van der Waals surface area contributed by atoms with E-state index < -0.39 is 165 Å². The molecule has 2 unspecified atom stereocenters. The number of likely N-dealkylation sites (tertiary alicyclic amines) is 1. The first kappa shape index (κ1) is 58.5. The lowest BCUT2D eigenvalue weighted by Gasteiger charge is -2.33. The zero-order valence-electron chi connectivity index (χ0n) is 42.1. The number of nitrogens with one attached hydrogen (secondary N) is 7. The zero-order chi connectivity index (χ0) is 54.6. The second-order valence-corrected chi connectivity index (χ2v) is 20.4. The molecule has 74 heavy (non-hydrogen) atoms. The molecule has 2 bridgehead atoms. The third-order valence-electron chi connectivity index (χ3n) is 13.9. The Labute approximate surface area is 432 Å². The second kappa shape index (κ2) is 26.7. The lowest BCUT2D eigenvalue weighted by molar-refractivity contribution is -0.144. The summed E-state index contributed by atoms with van der Waals surface area (Å²) >= 11 is 1.48. The van der Waals surface area contributed by atoms with Crippen LogP contribution in [0.25, 0.3) is 5.57 Å². The number of methoxy groups -OCH3 is 1. The van der Waals surface area contributed by atoms with Crippen LogP contribution < -0.4 is 53.4 Å². The van der Waals surface area contributed by atoms with Crippen molar-refractivity contribution in [2.24, 2.45) is 23.3 Å². The molecule has 1 aromatic carbocycles. The zero-order valence-corrected chi connectivity index (χ0v) is 42.9. The van der Waals surface area contributed by atoms with Crippen molar-refractivity contribution in [3.8, 4) is 5.75 Å². The molecule has 0 spiro atoms. The SMILES string of the molecule is C=C1C[C@@H]2NC(=O)[C@H]([C@@H](C)[C@@H](O)CO)NC(=O)C3C[C@@H](O)CN3C(=O)[C@H](CC(N)=O)NC(=O)[C@H](Cc3c1ccc(OC)c3CS[C@@H]1CCN(C(=O)CCN)C1)NC(=O)CNC(=O)C([C@@H](C)CC)NC(=O)CNC2=O. The van der Waals surface area contributed by atoms with Gasteiger partial charge >= 0.3 is 0 Å². The quantitative estimate of drug-likeness (QED) is 0.0884.